The molecule has 1 aromatic carbocycles. The van der Waals surface area contributed by atoms with Gasteiger partial charge in [-0.1, -0.05) is 11.6 Å². The predicted molar refractivity (Wildman–Crippen MR) is 115 cm³/mol. The second-order valence-electron chi connectivity index (χ2n) is 8.51. The van der Waals surface area contributed by atoms with Crippen molar-refractivity contribution in [2.45, 2.75) is 38.5 Å². The lowest BCUT2D eigenvalue weighted by molar-refractivity contribution is 0.0735. The summed E-state index contributed by atoms with van der Waals surface area (Å²) in [5.41, 5.74) is 3.68. The molecule has 0 bridgehead atoms. The van der Waals surface area contributed by atoms with Gasteiger partial charge >= 0.3 is 0 Å². The van der Waals surface area contributed by atoms with E-state index in [1.54, 1.807) is 18.6 Å². The zero-order chi connectivity index (χ0) is 20.0. The van der Waals surface area contributed by atoms with Crippen molar-refractivity contribution in [1.82, 2.24) is 19.9 Å². The first-order valence-electron chi connectivity index (χ1n) is 10.3. The van der Waals surface area contributed by atoms with Crippen LogP contribution < -0.4 is 5.32 Å². The molecule has 4 atom stereocenters. The monoisotopic (exact) mass is 411 g/mol. The SMILES string of the molecule is Cc1c(CN2C[C@H]3C[C@@H](Nc4cnccn4)[C@H](O)C[C@H]3C2)[nH]c2ccc(Cl)cc12. The number of hydrogen-bond donors (Lipinski definition) is 3. The molecule has 5 rings (SSSR count). The summed E-state index contributed by atoms with van der Waals surface area (Å²) >= 11 is 6.18. The molecule has 3 heterocycles. The van der Waals surface area contributed by atoms with Gasteiger partial charge in [0.15, 0.2) is 0 Å². The van der Waals surface area contributed by atoms with E-state index in [0.717, 1.165) is 48.8 Å². The average Bonchev–Trinajstić information content (AvgIpc) is 3.23. The first-order chi connectivity index (χ1) is 14.1. The average molecular weight is 412 g/mol. The molecule has 1 aliphatic heterocycles. The van der Waals surface area contributed by atoms with E-state index in [-0.39, 0.29) is 12.1 Å². The Morgan fingerprint density at radius 2 is 2.07 bits per heavy atom. The molecule has 152 valence electrons. The maximum atomic E-state index is 10.7. The number of anilines is 1. The summed E-state index contributed by atoms with van der Waals surface area (Å²) in [6.45, 7) is 5.17. The van der Waals surface area contributed by atoms with Crippen molar-refractivity contribution in [2.24, 2.45) is 11.8 Å². The summed E-state index contributed by atoms with van der Waals surface area (Å²) in [5, 5.41) is 16.0. The molecule has 1 saturated carbocycles. The molecule has 0 unspecified atom stereocenters. The Morgan fingerprint density at radius 3 is 2.86 bits per heavy atom. The molecule has 0 spiro atoms. The van der Waals surface area contributed by atoms with Gasteiger partial charge in [0.1, 0.15) is 5.82 Å². The normalized spacial score (nSPS) is 27.3. The minimum absolute atomic E-state index is 0.0323. The second kappa shape index (κ2) is 7.59. The van der Waals surface area contributed by atoms with Crippen LogP contribution in [0.3, 0.4) is 0 Å². The van der Waals surface area contributed by atoms with Gasteiger partial charge in [0.25, 0.3) is 0 Å². The zero-order valence-corrected chi connectivity index (χ0v) is 17.2. The van der Waals surface area contributed by atoms with Crippen LogP contribution in [0.5, 0.6) is 0 Å². The van der Waals surface area contributed by atoms with Crippen molar-refractivity contribution >= 4 is 28.3 Å². The number of aromatic nitrogens is 3. The Bertz CT molecular complexity index is 1010. The number of aryl methyl sites for hydroxylation is 1. The fourth-order valence-corrected chi connectivity index (χ4v) is 5.28. The number of aliphatic hydroxyl groups excluding tert-OH is 1. The van der Waals surface area contributed by atoms with E-state index in [1.165, 1.54) is 16.6 Å². The third-order valence-corrected chi connectivity index (χ3v) is 6.85. The number of fused-ring (bicyclic) bond motifs is 2. The summed E-state index contributed by atoms with van der Waals surface area (Å²) < 4.78 is 0. The molecule has 7 heteroatoms. The summed E-state index contributed by atoms with van der Waals surface area (Å²) in [7, 11) is 0. The van der Waals surface area contributed by atoms with E-state index in [9.17, 15) is 5.11 Å². The van der Waals surface area contributed by atoms with Crippen molar-refractivity contribution < 1.29 is 5.11 Å². The molecule has 0 amide bonds. The van der Waals surface area contributed by atoms with E-state index in [0.29, 0.717) is 11.8 Å². The van der Waals surface area contributed by atoms with Gasteiger partial charge < -0.3 is 15.4 Å². The van der Waals surface area contributed by atoms with E-state index in [2.05, 4.69) is 38.2 Å². The minimum Gasteiger partial charge on any atom is -0.391 e. The Balaban J connectivity index is 1.27. The van der Waals surface area contributed by atoms with E-state index in [4.69, 9.17) is 11.6 Å². The van der Waals surface area contributed by atoms with Crippen LogP contribution in [-0.2, 0) is 6.54 Å². The summed E-state index contributed by atoms with van der Waals surface area (Å²) in [6.07, 6.45) is 6.49. The maximum Gasteiger partial charge on any atom is 0.144 e. The van der Waals surface area contributed by atoms with Crippen LogP contribution in [0.2, 0.25) is 5.02 Å². The molecule has 0 radical (unpaired) electrons. The van der Waals surface area contributed by atoms with Crippen molar-refractivity contribution in [1.29, 1.82) is 0 Å². The Kier molecular flexibility index (Phi) is 4.94. The molecule has 2 aromatic heterocycles. The van der Waals surface area contributed by atoms with Crippen molar-refractivity contribution in [3.8, 4) is 0 Å². The van der Waals surface area contributed by atoms with Gasteiger partial charge in [-0.05, 0) is 55.4 Å². The quantitative estimate of drug-likeness (QED) is 0.611. The van der Waals surface area contributed by atoms with E-state index in [1.807, 2.05) is 12.1 Å². The van der Waals surface area contributed by atoms with Gasteiger partial charge in [-0.3, -0.25) is 9.88 Å². The van der Waals surface area contributed by atoms with E-state index >= 15 is 0 Å². The number of nitrogens with zero attached hydrogens (tertiary/aromatic N) is 3. The highest BCUT2D eigenvalue weighted by molar-refractivity contribution is 6.31. The number of hydrogen-bond acceptors (Lipinski definition) is 5. The van der Waals surface area contributed by atoms with Gasteiger partial charge in [0.05, 0.1) is 18.3 Å². The van der Waals surface area contributed by atoms with Gasteiger partial charge in [-0.25, -0.2) is 4.98 Å². The molecule has 1 aliphatic carbocycles. The van der Waals surface area contributed by atoms with Gasteiger partial charge in [0, 0.05) is 53.6 Å². The first-order valence-corrected chi connectivity index (χ1v) is 10.6. The summed E-state index contributed by atoms with van der Waals surface area (Å²) in [6, 6.07) is 6.05. The smallest absolute Gasteiger partial charge is 0.144 e. The minimum atomic E-state index is -0.352. The first kappa shape index (κ1) is 18.9. The highest BCUT2D eigenvalue weighted by atomic mass is 35.5. The van der Waals surface area contributed by atoms with Crippen LogP contribution in [0.1, 0.15) is 24.1 Å². The Labute approximate surface area is 175 Å². The van der Waals surface area contributed by atoms with Gasteiger partial charge in [-0.2, -0.15) is 0 Å². The molecule has 6 nitrogen and oxygen atoms in total. The van der Waals surface area contributed by atoms with Crippen LogP contribution >= 0.6 is 11.6 Å². The molecule has 3 N–H and O–H groups in total. The number of H-pyrrole nitrogens is 1. The number of likely N-dealkylation sites (tertiary alicyclic amines) is 1. The fourth-order valence-electron chi connectivity index (χ4n) is 5.11. The van der Waals surface area contributed by atoms with Crippen molar-refractivity contribution in [3.05, 3.63) is 53.1 Å². The third kappa shape index (κ3) is 3.72. The molecule has 2 fully saturated rings. The van der Waals surface area contributed by atoms with Gasteiger partial charge in [-0.15, -0.1) is 0 Å². The number of nitrogens with one attached hydrogen (secondary N) is 2. The van der Waals surface area contributed by atoms with Crippen LogP contribution in [0.25, 0.3) is 10.9 Å². The van der Waals surface area contributed by atoms with Crippen LogP contribution in [0.4, 0.5) is 5.82 Å². The lowest BCUT2D eigenvalue weighted by Gasteiger charge is -2.35. The molecular formula is C22H26ClN5O. The fraction of sp³-hybridized carbons (Fsp3) is 0.455. The molecule has 2 aliphatic rings. The Hall–Kier alpha value is -2.15. The van der Waals surface area contributed by atoms with Crippen LogP contribution in [0, 0.1) is 18.8 Å². The number of aliphatic hydroxyl groups is 1. The summed E-state index contributed by atoms with van der Waals surface area (Å²) in [4.78, 5) is 14.5. The Morgan fingerprint density at radius 1 is 1.24 bits per heavy atom. The second-order valence-corrected chi connectivity index (χ2v) is 8.95. The van der Waals surface area contributed by atoms with Crippen molar-refractivity contribution in [2.75, 3.05) is 18.4 Å². The zero-order valence-electron chi connectivity index (χ0n) is 16.5. The van der Waals surface area contributed by atoms with Crippen LogP contribution in [-0.4, -0.2) is 50.2 Å². The number of benzene rings is 1. The third-order valence-electron chi connectivity index (χ3n) is 6.62. The number of halogens is 1. The molecule has 29 heavy (non-hydrogen) atoms. The van der Waals surface area contributed by atoms with E-state index < -0.39 is 0 Å². The summed E-state index contributed by atoms with van der Waals surface area (Å²) in [5.74, 6) is 1.87. The van der Waals surface area contributed by atoms with Crippen LogP contribution in [0.15, 0.2) is 36.8 Å². The maximum absolute atomic E-state index is 10.7. The highest BCUT2D eigenvalue weighted by Gasteiger charge is 2.41. The number of rotatable bonds is 4. The van der Waals surface area contributed by atoms with Gasteiger partial charge in [0.2, 0.25) is 0 Å². The lowest BCUT2D eigenvalue weighted by atomic mass is 9.77. The highest BCUT2D eigenvalue weighted by Crippen LogP contribution is 2.38. The molecule has 3 aromatic rings. The number of aromatic amines is 1. The molecular weight excluding hydrogens is 386 g/mol. The lowest BCUT2D eigenvalue weighted by Crippen LogP contribution is -2.43. The van der Waals surface area contributed by atoms with Crippen molar-refractivity contribution in [3.63, 3.8) is 0 Å². The predicted octanol–water partition coefficient (Wildman–Crippen LogP) is 3.60. The molecule has 1 saturated heterocycles. The topological polar surface area (TPSA) is 77.1 Å². The largest absolute Gasteiger partial charge is 0.391 e. The standard InChI is InChI=1S/C22H26ClN5O/c1-13-17-8-16(23)2-3-18(17)26-20(13)12-28-10-14-6-19(21(29)7-15(14)11-28)27-22-9-24-4-5-25-22/h2-5,8-9,14-15,19,21,26,29H,6-7,10-12H2,1H3,(H,25,27)/t14-,15+,19-,21-/m1/s1.